The van der Waals surface area contributed by atoms with E-state index in [4.69, 9.17) is 9.47 Å². The second-order valence-electron chi connectivity index (χ2n) is 5.09. The fourth-order valence-electron chi connectivity index (χ4n) is 2.57. The molecule has 3 rings (SSSR count). The summed E-state index contributed by atoms with van der Waals surface area (Å²) in [5, 5.41) is 1.03. The number of hydrogen-bond acceptors (Lipinski definition) is 3. The first-order chi connectivity index (χ1) is 10.7. The van der Waals surface area contributed by atoms with Gasteiger partial charge in [0, 0.05) is 17.1 Å². The third-order valence-corrected chi connectivity index (χ3v) is 3.72. The maximum Gasteiger partial charge on any atom is 0.337 e. The molecule has 0 radical (unpaired) electrons. The molecule has 0 amide bonds. The number of carbonyl (C=O) groups is 1. The van der Waals surface area contributed by atoms with E-state index in [-0.39, 0.29) is 5.97 Å². The van der Waals surface area contributed by atoms with Crippen LogP contribution in [0.4, 0.5) is 0 Å². The predicted molar refractivity (Wildman–Crippen MR) is 85.4 cm³/mol. The van der Waals surface area contributed by atoms with E-state index in [2.05, 4.69) is 11.1 Å². The first-order valence-electron chi connectivity index (χ1n) is 7.02. The van der Waals surface area contributed by atoms with Crippen molar-refractivity contribution in [2.75, 3.05) is 14.2 Å². The maximum absolute atomic E-state index is 11.7. The van der Waals surface area contributed by atoms with Gasteiger partial charge in [-0.1, -0.05) is 12.1 Å². The molecule has 112 valence electrons. The number of carbonyl (C=O) groups excluding carboxylic acids is 1. The van der Waals surface area contributed by atoms with Crippen molar-refractivity contribution >= 4 is 16.9 Å². The minimum absolute atomic E-state index is 0.324. The minimum atomic E-state index is -0.324. The third-order valence-electron chi connectivity index (χ3n) is 3.72. The number of hydrogen-bond donors (Lipinski definition) is 1. The van der Waals surface area contributed by atoms with Gasteiger partial charge in [-0.2, -0.15) is 0 Å². The van der Waals surface area contributed by atoms with Crippen LogP contribution in [-0.2, 0) is 11.2 Å². The van der Waals surface area contributed by atoms with Crippen molar-refractivity contribution in [3.8, 4) is 5.75 Å². The molecule has 0 atom stereocenters. The number of nitrogens with one attached hydrogen (secondary N) is 1. The molecule has 0 unspecified atom stereocenters. The van der Waals surface area contributed by atoms with Crippen LogP contribution in [0, 0.1) is 0 Å². The van der Waals surface area contributed by atoms with Gasteiger partial charge >= 0.3 is 5.97 Å². The number of benzene rings is 2. The zero-order valence-corrected chi connectivity index (χ0v) is 12.6. The molecule has 2 aromatic carbocycles. The van der Waals surface area contributed by atoms with Crippen LogP contribution in [0.5, 0.6) is 5.75 Å². The molecule has 0 aliphatic carbocycles. The smallest absolute Gasteiger partial charge is 0.337 e. The van der Waals surface area contributed by atoms with Crippen molar-refractivity contribution in [2.45, 2.75) is 6.42 Å². The molecule has 0 spiro atoms. The molecule has 1 aromatic heterocycles. The summed E-state index contributed by atoms with van der Waals surface area (Å²) in [6.07, 6.45) is 2.74. The zero-order chi connectivity index (χ0) is 15.5. The highest BCUT2D eigenvalue weighted by Crippen LogP contribution is 2.24. The third kappa shape index (κ3) is 2.68. The first kappa shape index (κ1) is 14.2. The Morgan fingerprint density at radius 1 is 1.14 bits per heavy atom. The van der Waals surface area contributed by atoms with Crippen molar-refractivity contribution in [2.24, 2.45) is 0 Å². The summed E-state index contributed by atoms with van der Waals surface area (Å²) in [6.45, 7) is 0. The lowest BCUT2D eigenvalue weighted by molar-refractivity contribution is 0.0601. The SMILES string of the molecule is COC(=O)c1ccc2[nH]cc(Cc3cccc(OC)c3)c2c1. The molecule has 1 heterocycles. The monoisotopic (exact) mass is 295 g/mol. The van der Waals surface area contributed by atoms with Crippen molar-refractivity contribution in [1.82, 2.24) is 4.98 Å². The molecular formula is C18H17NO3. The molecule has 3 aromatic rings. The molecule has 0 bridgehead atoms. The van der Waals surface area contributed by atoms with Gasteiger partial charge in [0.25, 0.3) is 0 Å². The van der Waals surface area contributed by atoms with Crippen molar-refractivity contribution in [3.05, 3.63) is 65.4 Å². The van der Waals surface area contributed by atoms with Crippen LogP contribution in [0.3, 0.4) is 0 Å². The quantitative estimate of drug-likeness (QED) is 0.749. The number of rotatable bonds is 4. The van der Waals surface area contributed by atoms with Crippen LogP contribution < -0.4 is 4.74 Å². The van der Waals surface area contributed by atoms with Crippen LogP contribution in [0.15, 0.2) is 48.7 Å². The van der Waals surface area contributed by atoms with Crippen LogP contribution in [-0.4, -0.2) is 25.2 Å². The first-order valence-corrected chi connectivity index (χ1v) is 7.02. The van der Waals surface area contributed by atoms with Crippen LogP contribution in [0.1, 0.15) is 21.5 Å². The van der Waals surface area contributed by atoms with E-state index < -0.39 is 0 Å². The van der Waals surface area contributed by atoms with E-state index in [0.717, 1.165) is 34.2 Å². The minimum Gasteiger partial charge on any atom is -0.497 e. The van der Waals surface area contributed by atoms with Gasteiger partial charge in [0.05, 0.1) is 19.8 Å². The number of H-pyrrole nitrogens is 1. The number of aromatic amines is 1. The van der Waals surface area contributed by atoms with Crippen molar-refractivity contribution in [3.63, 3.8) is 0 Å². The Labute approximate surface area is 128 Å². The highest BCUT2D eigenvalue weighted by atomic mass is 16.5. The highest BCUT2D eigenvalue weighted by molar-refractivity contribution is 5.95. The number of fused-ring (bicyclic) bond motifs is 1. The number of ether oxygens (including phenoxy) is 2. The summed E-state index contributed by atoms with van der Waals surface area (Å²) in [5.41, 5.74) is 3.85. The summed E-state index contributed by atoms with van der Waals surface area (Å²) < 4.78 is 10.0. The number of aromatic nitrogens is 1. The Hall–Kier alpha value is -2.75. The normalized spacial score (nSPS) is 10.6. The van der Waals surface area contributed by atoms with E-state index in [1.807, 2.05) is 36.5 Å². The van der Waals surface area contributed by atoms with Gasteiger partial charge in [-0.3, -0.25) is 0 Å². The Kier molecular flexibility index (Phi) is 3.83. The Morgan fingerprint density at radius 3 is 2.77 bits per heavy atom. The maximum atomic E-state index is 11.7. The number of methoxy groups -OCH3 is 2. The molecule has 4 heteroatoms. The van der Waals surface area contributed by atoms with Crippen molar-refractivity contribution in [1.29, 1.82) is 0 Å². The molecule has 0 aliphatic heterocycles. The van der Waals surface area contributed by atoms with Crippen LogP contribution >= 0.6 is 0 Å². The molecule has 0 saturated carbocycles. The van der Waals surface area contributed by atoms with Crippen molar-refractivity contribution < 1.29 is 14.3 Å². The molecule has 0 fully saturated rings. The molecule has 0 aliphatic rings. The van der Waals surface area contributed by atoms with Gasteiger partial charge in [0.15, 0.2) is 0 Å². The summed E-state index contributed by atoms with van der Waals surface area (Å²) in [5.74, 6) is 0.517. The topological polar surface area (TPSA) is 51.3 Å². The molecule has 0 saturated heterocycles. The zero-order valence-electron chi connectivity index (χ0n) is 12.6. The van der Waals surface area contributed by atoms with Gasteiger partial charge in [-0.25, -0.2) is 4.79 Å². The molecule has 1 N–H and O–H groups in total. The lowest BCUT2D eigenvalue weighted by Crippen LogP contribution is -2.00. The Bertz CT molecular complexity index is 820. The molecular weight excluding hydrogens is 278 g/mol. The lowest BCUT2D eigenvalue weighted by atomic mass is 10.0. The fourth-order valence-corrected chi connectivity index (χ4v) is 2.57. The number of esters is 1. The lowest BCUT2D eigenvalue weighted by Gasteiger charge is -2.05. The highest BCUT2D eigenvalue weighted by Gasteiger charge is 2.10. The Morgan fingerprint density at radius 2 is 2.00 bits per heavy atom. The van der Waals surface area contributed by atoms with Crippen LogP contribution in [0.2, 0.25) is 0 Å². The van der Waals surface area contributed by atoms with Gasteiger partial charge in [0.1, 0.15) is 5.75 Å². The standard InChI is InChI=1S/C18H17NO3/c1-21-15-5-3-4-12(9-15)8-14-11-19-17-7-6-13(10-16(14)17)18(20)22-2/h3-7,9-11,19H,8H2,1-2H3. The predicted octanol–water partition coefficient (Wildman–Crippen LogP) is 3.55. The summed E-state index contributed by atoms with van der Waals surface area (Å²) >= 11 is 0. The van der Waals surface area contributed by atoms with E-state index >= 15 is 0 Å². The van der Waals surface area contributed by atoms with E-state index in [1.165, 1.54) is 7.11 Å². The Balaban J connectivity index is 1.97. The second kappa shape index (κ2) is 5.93. The molecule has 4 nitrogen and oxygen atoms in total. The van der Waals surface area contributed by atoms with E-state index in [0.29, 0.717) is 5.56 Å². The second-order valence-corrected chi connectivity index (χ2v) is 5.09. The van der Waals surface area contributed by atoms with Gasteiger partial charge in [-0.15, -0.1) is 0 Å². The van der Waals surface area contributed by atoms with E-state index in [9.17, 15) is 4.79 Å². The van der Waals surface area contributed by atoms with E-state index in [1.54, 1.807) is 13.2 Å². The summed E-state index contributed by atoms with van der Waals surface area (Å²) in [4.78, 5) is 14.9. The largest absolute Gasteiger partial charge is 0.497 e. The molecule has 22 heavy (non-hydrogen) atoms. The summed E-state index contributed by atoms with van der Waals surface area (Å²) in [6, 6.07) is 13.5. The van der Waals surface area contributed by atoms with Gasteiger partial charge in [0.2, 0.25) is 0 Å². The van der Waals surface area contributed by atoms with Gasteiger partial charge in [-0.05, 0) is 47.9 Å². The van der Waals surface area contributed by atoms with Gasteiger partial charge < -0.3 is 14.5 Å². The average molecular weight is 295 g/mol. The average Bonchev–Trinajstić information content (AvgIpc) is 2.96. The summed E-state index contributed by atoms with van der Waals surface area (Å²) in [7, 11) is 3.05. The van der Waals surface area contributed by atoms with Crippen LogP contribution in [0.25, 0.3) is 10.9 Å². The fraction of sp³-hybridized carbons (Fsp3) is 0.167.